The molecule has 0 saturated heterocycles. The molecule has 0 fully saturated rings. The van der Waals surface area contributed by atoms with E-state index in [1.54, 1.807) is 18.2 Å². The molecule has 0 amide bonds. The quantitative estimate of drug-likeness (QED) is 0.464. The van der Waals surface area contributed by atoms with Gasteiger partial charge in [-0.3, -0.25) is 0 Å². The molecule has 0 radical (unpaired) electrons. The van der Waals surface area contributed by atoms with Gasteiger partial charge >= 0.3 is 12.4 Å². The summed E-state index contributed by atoms with van der Waals surface area (Å²) in [4.78, 5) is 0. The van der Waals surface area contributed by atoms with Crippen molar-refractivity contribution in [2.45, 2.75) is 18.6 Å². The third-order valence-corrected chi connectivity index (χ3v) is 3.46. The van der Waals surface area contributed by atoms with Crippen LogP contribution in [0.1, 0.15) is 28.5 Å². The minimum absolute atomic E-state index is 0.0507. The number of ether oxygens (including phenoxy) is 2. The van der Waals surface area contributed by atoms with E-state index in [0.717, 1.165) is 12.7 Å². The molecule has 2 aromatic rings. The van der Waals surface area contributed by atoms with Crippen LogP contribution in [0.3, 0.4) is 0 Å². The second-order valence-electron chi connectivity index (χ2n) is 5.30. The molecule has 1 atom stereocenters. The Balaban J connectivity index is 2.43. The Bertz CT molecular complexity index is 730. The van der Waals surface area contributed by atoms with Gasteiger partial charge in [0.15, 0.2) is 0 Å². The van der Waals surface area contributed by atoms with Crippen molar-refractivity contribution in [1.82, 2.24) is 0 Å². The van der Waals surface area contributed by atoms with E-state index in [9.17, 15) is 26.3 Å². The lowest BCUT2D eigenvalue weighted by Gasteiger charge is -2.21. The molecule has 140 valence electrons. The molecule has 2 rings (SSSR count). The normalized spacial score (nSPS) is 13.3. The maximum Gasteiger partial charge on any atom is 0.416 e. The molecule has 0 bridgehead atoms. The summed E-state index contributed by atoms with van der Waals surface area (Å²) >= 11 is 0. The van der Waals surface area contributed by atoms with Crippen LogP contribution < -0.4 is 4.74 Å². The first-order chi connectivity index (χ1) is 12.0. The Morgan fingerprint density at radius 2 is 1.38 bits per heavy atom. The topological polar surface area (TPSA) is 18.5 Å². The average molecular weight is 376 g/mol. The predicted molar refractivity (Wildman–Crippen MR) is 83.4 cm³/mol. The molecular formula is C18H14F6O2. The lowest BCUT2D eigenvalue weighted by molar-refractivity contribution is -0.143. The molecule has 2 nitrogen and oxygen atoms in total. The van der Waals surface area contributed by atoms with E-state index in [0.29, 0.717) is 12.1 Å². The summed E-state index contributed by atoms with van der Waals surface area (Å²) in [5, 5.41) is 0. The van der Waals surface area contributed by atoms with Gasteiger partial charge in [0.2, 0.25) is 6.29 Å². The van der Waals surface area contributed by atoms with Crippen LogP contribution in [0.15, 0.2) is 49.0 Å². The molecular weight excluding hydrogens is 362 g/mol. The summed E-state index contributed by atoms with van der Waals surface area (Å²) in [6, 6.07) is 7.45. The number of benzene rings is 2. The van der Waals surface area contributed by atoms with Crippen LogP contribution in [0.25, 0.3) is 6.08 Å². The third-order valence-electron chi connectivity index (χ3n) is 3.46. The summed E-state index contributed by atoms with van der Waals surface area (Å²) < 4.78 is 88.1. The Morgan fingerprint density at radius 3 is 1.77 bits per heavy atom. The van der Waals surface area contributed by atoms with Crippen LogP contribution in [0.5, 0.6) is 5.75 Å². The Hall–Kier alpha value is -2.48. The van der Waals surface area contributed by atoms with E-state index < -0.39 is 35.3 Å². The molecule has 0 saturated carbocycles. The number of rotatable bonds is 5. The van der Waals surface area contributed by atoms with Crippen molar-refractivity contribution < 1.29 is 35.8 Å². The van der Waals surface area contributed by atoms with Crippen LogP contribution in [-0.2, 0) is 17.1 Å². The van der Waals surface area contributed by atoms with Crippen molar-refractivity contribution in [2.24, 2.45) is 0 Å². The first kappa shape index (κ1) is 19.8. The molecule has 8 heteroatoms. The number of hydrogen-bond acceptors (Lipinski definition) is 2. The summed E-state index contributed by atoms with van der Waals surface area (Å²) in [6.07, 6.45) is -9.77. The van der Waals surface area contributed by atoms with Crippen molar-refractivity contribution in [3.8, 4) is 5.75 Å². The number of alkyl halides is 6. The summed E-state index contributed by atoms with van der Waals surface area (Å²) in [7, 11) is 1.12. The van der Waals surface area contributed by atoms with Gasteiger partial charge in [-0.25, -0.2) is 0 Å². The highest BCUT2D eigenvalue weighted by Crippen LogP contribution is 2.38. The first-order valence-corrected chi connectivity index (χ1v) is 7.26. The number of halogens is 6. The van der Waals surface area contributed by atoms with Crippen molar-refractivity contribution in [3.63, 3.8) is 0 Å². The molecule has 0 spiro atoms. The summed E-state index contributed by atoms with van der Waals surface area (Å²) in [5.74, 6) is 0.216. The predicted octanol–water partition coefficient (Wildman–Crippen LogP) is 6.09. The first-order valence-electron chi connectivity index (χ1n) is 7.26. The number of hydrogen-bond donors (Lipinski definition) is 0. The van der Waals surface area contributed by atoms with Crippen LogP contribution in [0.2, 0.25) is 0 Å². The summed E-state index contributed by atoms with van der Waals surface area (Å²) in [6.45, 7) is 3.57. The van der Waals surface area contributed by atoms with Gasteiger partial charge in [-0.2, -0.15) is 26.3 Å². The Kier molecular flexibility index (Phi) is 5.65. The average Bonchev–Trinajstić information content (AvgIpc) is 2.58. The Morgan fingerprint density at radius 1 is 0.885 bits per heavy atom. The van der Waals surface area contributed by atoms with Crippen molar-refractivity contribution in [1.29, 1.82) is 0 Å². The van der Waals surface area contributed by atoms with E-state index >= 15 is 0 Å². The van der Waals surface area contributed by atoms with E-state index in [2.05, 4.69) is 6.58 Å². The van der Waals surface area contributed by atoms with Crippen molar-refractivity contribution >= 4 is 6.08 Å². The van der Waals surface area contributed by atoms with Gasteiger partial charge < -0.3 is 9.47 Å². The largest absolute Gasteiger partial charge is 0.461 e. The maximum atomic E-state index is 13.0. The highest BCUT2D eigenvalue weighted by atomic mass is 19.4. The zero-order valence-electron chi connectivity index (χ0n) is 13.5. The van der Waals surface area contributed by atoms with E-state index in [1.165, 1.54) is 12.1 Å². The van der Waals surface area contributed by atoms with Crippen LogP contribution in [0, 0.1) is 0 Å². The van der Waals surface area contributed by atoms with Gasteiger partial charge in [-0.1, -0.05) is 24.8 Å². The van der Waals surface area contributed by atoms with Gasteiger partial charge in [0.25, 0.3) is 0 Å². The molecule has 0 heterocycles. The monoisotopic (exact) mass is 376 g/mol. The second kappa shape index (κ2) is 7.41. The van der Waals surface area contributed by atoms with E-state index in [1.807, 2.05) is 0 Å². The lowest BCUT2D eigenvalue weighted by atomic mass is 10.0. The zero-order chi connectivity index (χ0) is 19.5. The van der Waals surface area contributed by atoms with Gasteiger partial charge in [0.05, 0.1) is 11.1 Å². The lowest BCUT2D eigenvalue weighted by Crippen LogP contribution is -2.16. The molecule has 0 aromatic heterocycles. The van der Waals surface area contributed by atoms with Crippen molar-refractivity contribution in [3.05, 3.63) is 71.3 Å². The van der Waals surface area contributed by atoms with Gasteiger partial charge in [-0.05, 0) is 35.9 Å². The van der Waals surface area contributed by atoms with Crippen LogP contribution in [-0.4, -0.2) is 7.11 Å². The molecule has 26 heavy (non-hydrogen) atoms. The second-order valence-corrected chi connectivity index (χ2v) is 5.30. The van der Waals surface area contributed by atoms with E-state index in [4.69, 9.17) is 9.47 Å². The summed E-state index contributed by atoms with van der Waals surface area (Å²) in [5.41, 5.74) is -2.50. The molecule has 0 aliphatic rings. The molecule has 0 N–H and O–H groups in total. The highest BCUT2D eigenvalue weighted by molar-refractivity contribution is 5.48. The van der Waals surface area contributed by atoms with E-state index in [-0.39, 0.29) is 11.8 Å². The smallest absolute Gasteiger partial charge is 0.416 e. The fourth-order valence-electron chi connectivity index (χ4n) is 2.17. The fourth-order valence-corrected chi connectivity index (χ4v) is 2.17. The third kappa shape index (κ3) is 4.78. The fraction of sp³-hybridized carbons (Fsp3) is 0.222. The van der Waals surface area contributed by atoms with Crippen LogP contribution >= 0.6 is 0 Å². The SMILES string of the molecule is C=Cc1ccc(OC(OC)c2cc(C(F)(F)F)cc(C(F)(F)F)c2)cc1. The molecule has 1 unspecified atom stereocenters. The molecule has 0 aliphatic heterocycles. The van der Waals surface area contributed by atoms with Gasteiger partial charge in [0, 0.05) is 12.7 Å². The highest BCUT2D eigenvalue weighted by Gasteiger charge is 2.37. The number of methoxy groups -OCH3 is 1. The minimum atomic E-state index is -4.94. The molecule has 0 aliphatic carbocycles. The molecule has 2 aromatic carbocycles. The minimum Gasteiger partial charge on any atom is -0.461 e. The van der Waals surface area contributed by atoms with Crippen molar-refractivity contribution in [2.75, 3.05) is 7.11 Å². The zero-order valence-corrected chi connectivity index (χ0v) is 13.5. The maximum absolute atomic E-state index is 13.0. The van der Waals surface area contributed by atoms with Gasteiger partial charge in [-0.15, -0.1) is 0 Å². The van der Waals surface area contributed by atoms with Crippen LogP contribution in [0.4, 0.5) is 26.3 Å². The Labute approximate surface area is 145 Å². The standard InChI is InChI=1S/C18H14F6O2/c1-3-11-4-6-15(7-5-11)26-16(25-2)12-8-13(17(19,20)21)10-14(9-12)18(22,23)24/h3-10,16H,1H2,2H3. The van der Waals surface area contributed by atoms with Gasteiger partial charge in [0.1, 0.15) is 5.75 Å².